The summed E-state index contributed by atoms with van der Waals surface area (Å²) in [6.45, 7) is 5.54. The predicted octanol–water partition coefficient (Wildman–Crippen LogP) is 1.84. The Morgan fingerprint density at radius 3 is 2.31 bits per heavy atom. The van der Waals surface area contributed by atoms with E-state index in [1.54, 1.807) is 13.8 Å². The first-order chi connectivity index (χ1) is 6.00. The highest BCUT2D eigenvalue weighted by atomic mass is 16.6. The standard InChI is InChI=1S/C9H19NO3/c1-4-5-6-8(11)9(7(2)3)10(12)13/h7-9,11H,4-6H2,1-3H3/t8-,9-/m1/s1. The number of aliphatic hydroxyl groups is 1. The van der Waals surface area contributed by atoms with Crippen molar-refractivity contribution in [3.05, 3.63) is 10.1 Å². The molecule has 0 aliphatic rings. The maximum Gasteiger partial charge on any atom is 0.240 e. The van der Waals surface area contributed by atoms with Gasteiger partial charge >= 0.3 is 0 Å². The number of nitrogens with zero attached hydrogens (tertiary/aromatic N) is 1. The van der Waals surface area contributed by atoms with Gasteiger partial charge in [-0.2, -0.15) is 0 Å². The quantitative estimate of drug-likeness (QED) is 0.512. The van der Waals surface area contributed by atoms with E-state index in [9.17, 15) is 15.2 Å². The lowest BCUT2D eigenvalue weighted by Gasteiger charge is -2.18. The molecule has 0 heterocycles. The minimum atomic E-state index is -0.813. The Morgan fingerprint density at radius 2 is 2.00 bits per heavy atom. The first-order valence-corrected chi connectivity index (χ1v) is 4.82. The molecule has 0 aromatic carbocycles. The Labute approximate surface area is 79.1 Å². The molecular weight excluding hydrogens is 170 g/mol. The van der Waals surface area contributed by atoms with E-state index in [0.29, 0.717) is 6.42 Å². The molecule has 0 bridgehead atoms. The lowest BCUT2D eigenvalue weighted by atomic mass is 9.96. The van der Waals surface area contributed by atoms with E-state index in [1.807, 2.05) is 6.92 Å². The van der Waals surface area contributed by atoms with Crippen LogP contribution in [0.25, 0.3) is 0 Å². The van der Waals surface area contributed by atoms with Gasteiger partial charge in [-0.15, -0.1) is 0 Å². The van der Waals surface area contributed by atoms with E-state index >= 15 is 0 Å². The molecule has 0 aliphatic heterocycles. The zero-order valence-electron chi connectivity index (χ0n) is 8.56. The molecule has 0 spiro atoms. The maximum absolute atomic E-state index is 10.6. The van der Waals surface area contributed by atoms with Crippen LogP contribution < -0.4 is 0 Å². The summed E-state index contributed by atoms with van der Waals surface area (Å²) in [6.07, 6.45) is 1.54. The lowest BCUT2D eigenvalue weighted by molar-refractivity contribution is -0.542. The van der Waals surface area contributed by atoms with Crippen molar-refractivity contribution in [2.75, 3.05) is 0 Å². The molecule has 0 fully saturated rings. The summed E-state index contributed by atoms with van der Waals surface area (Å²) >= 11 is 0. The van der Waals surface area contributed by atoms with Crippen LogP contribution in [0.4, 0.5) is 0 Å². The van der Waals surface area contributed by atoms with Crippen molar-refractivity contribution in [3.63, 3.8) is 0 Å². The highest BCUT2D eigenvalue weighted by molar-refractivity contribution is 4.71. The highest BCUT2D eigenvalue weighted by Gasteiger charge is 2.32. The molecular formula is C9H19NO3. The molecule has 78 valence electrons. The van der Waals surface area contributed by atoms with E-state index in [4.69, 9.17) is 0 Å². The Morgan fingerprint density at radius 1 is 1.46 bits per heavy atom. The average Bonchev–Trinajstić information content (AvgIpc) is 1.99. The number of hydrogen-bond donors (Lipinski definition) is 1. The second kappa shape index (κ2) is 5.91. The minimum Gasteiger partial charge on any atom is -0.386 e. The zero-order valence-corrected chi connectivity index (χ0v) is 8.56. The van der Waals surface area contributed by atoms with E-state index in [0.717, 1.165) is 12.8 Å². The molecule has 0 aromatic heterocycles. The number of rotatable bonds is 6. The second-order valence-corrected chi connectivity index (χ2v) is 3.73. The van der Waals surface area contributed by atoms with Gasteiger partial charge in [0.15, 0.2) is 0 Å². The summed E-state index contributed by atoms with van der Waals surface area (Å²) < 4.78 is 0. The van der Waals surface area contributed by atoms with Gasteiger partial charge in [-0.05, 0) is 6.42 Å². The van der Waals surface area contributed by atoms with Crippen molar-refractivity contribution in [1.82, 2.24) is 0 Å². The van der Waals surface area contributed by atoms with Crippen molar-refractivity contribution in [2.45, 2.75) is 52.2 Å². The van der Waals surface area contributed by atoms with Gasteiger partial charge in [0.05, 0.1) is 0 Å². The smallest absolute Gasteiger partial charge is 0.240 e. The fourth-order valence-electron chi connectivity index (χ4n) is 1.41. The Kier molecular flexibility index (Phi) is 5.62. The van der Waals surface area contributed by atoms with Crippen LogP contribution in [0.15, 0.2) is 0 Å². The molecule has 0 rings (SSSR count). The molecule has 1 N–H and O–H groups in total. The van der Waals surface area contributed by atoms with Crippen molar-refractivity contribution in [3.8, 4) is 0 Å². The van der Waals surface area contributed by atoms with Gasteiger partial charge in [0.25, 0.3) is 0 Å². The molecule has 0 aliphatic carbocycles. The summed E-state index contributed by atoms with van der Waals surface area (Å²) in [5, 5.41) is 20.1. The van der Waals surface area contributed by atoms with Gasteiger partial charge in [-0.3, -0.25) is 10.1 Å². The molecule has 0 aromatic rings. The summed E-state index contributed by atoms with van der Waals surface area (Å²) in [7, 11) is 0. The summed E-state index contributed by atoms with van der Waals surface area (Å²) in [5.74, 6) is -0.109. The summed E-state index contributed by atoms with van der Waals surface area (Å²) in [5.41, 5.74) is 0. The average molecular weight is 189 g/mol. The van der Waals surface area contributed by atoms with Crippen LogP contribution in [0, 0.1) is 16.0 Å². The molecule has 0 unspecified atom stereocenters. The molecule has 0 saturated carbocycles. The third kappa shape index (κ3) is 4.22. The third-order valence-electron chi connectivity index (χ3n) is 2.17. The van der Waals surface area contributed by atoms with E-state index in [-0.39, 0.29) is 10.8 Å². The minimum absolute atomic E-state index is 0.109. The Bertz CT molecular complexity index is 159. The number of nitro groups is 1. The van der Waals surface area contributed by atoms with E-state index < -0.39 is 12.1 Å². The third-order valence-corrected chi connectivity index (χ3v) is 2.17. The number of unbranched alkanes of at least 4 members (excludes halogenated alkanes) is 1. The largest absolute Gasteiger partial charge is 0.386 e. The van der Waals surface area contributed by atoms with Crippen LogP contribution in [0.5, 0.6) is 0 Å². The van der Waals surface area contributed by atoms with Crippen molar-refractivity contribution >= 4 is 0 Å². The van der Waals surface area contributed by atoms with Crippen LogP contribution >= 0.6 is 0 Å². The van der Waals surface area contributed by atoms with Crippen LogP contribution in [0.3, 0.4) is 0 Å². The fourth-order valence-corrected chi connectivity index (χ4v) is 1.41. The lowest BCUT2D eigenvalue weighted by Crippen LogP contribution is -2.38. The van der Waals surface area contributed by atoms with Crippen LogP contribution in [-0.4, -0.2) is 22.2 Å². The van der Waals surface area contributed by atoms with Gasteiger partial charge < -0.3 is 5.11 Å². The molecule has 0 radical (unpaired) electrons. The Balaban J connectivity index is 4.12. The zero-order chi connectivity index (χ0) is 10.4. The first kappa shape index (κ1) is 12.4. The molecule has 2 atom stereocenters. The first-order valence-electron chi connectivity index (χ1n) is 4.82. The van der Waals surface area contributed by atoms with Gasteiger partial charge in [-0.1, -0.05) is 33.6 Å². The monoisotopic (exact) mass is 189 g/mol. The molecule has 4 nitrogen and oxygen atoms in total. The summed E-state index contributed by atoms with van der Waals surface area (Å²) in [4.78, 5) is 10.2. The molecule has 4 heteroatoms. The highest BCUT2D eigenvalue weighted by Crippen LogP contribution is 2.14. The van der Waals surface area contributed by atoms with E-state index in [2.05, 4.69) is 0 Å². The Hall–Kier alpha value is -0.640. The second-order valence-electron chi connectivity index (χ2n) is 3.73. The molecule has 0 amide bonds. The van der Waals surface area contributed by atoms with Crippen molar-refractivity contribution in [1.29, 1.82) is 0 Å². The molecule has 13 heavy (non-hydrogen) atoms. The SMILES string of the molecule is CCCC[C@@H](O)[C@@H](C(C)C)[N+](=O)[O-]. The van der Waals surface area contributed by atoms with Crippen LogP contribution in [0.1, 0.15) is 40.0 Å². The van der Waals surface area contributed by atoms with Gasteiger partial charge in [0.1, 0.15) is 6.10 Å². The normalized spacial score (nSPS) is 15.8. The molecule has 0 saturated heterocycles. The van der Waals surface area contributed by atoms with Crippen molar-refractivity contribution < 1.29 is 10.0 Å². The van der Waals surface area contributed by atoms with Crippen LogP contribution in [-0.2, 0) is 0 Å². The van der Waals surface area contributed by atoms with Gasteiger partial charge in [-0.25, -0.2) is 0 Å². The van der Waals surface area contributed by atoms with Crippen molar-refractivity contribution in [2.24, 2.45) is 5.92 Å². The van der Waals surface area contributed by atoms with Crippen LogP contribution in [0.2, 0.25) is 0 Å². The number of hydrogen-bond acceptors (Lipinski definition) is 3. The van der Waals surface area contributed by atoms with E-state index in [1.165, 1.54) is 0 Å². The number of aliphatic hydroxyl groups excluding tert-OH is 1. The topological polar surface area (TPSA) is 63.4 Å². The predicted molar refractivity (Wildman–Crippen MR) is 51.2 cm³/mol. The van der Waals surface area contributed by atoms with Gasteiger partial charge in [0, 0.05) is 10.8 Å². The maximum atomic E-state index is 10.6. The van der Waals surface area contributed by atoms with Gasteiger partial charge in [0.2, 0.25) is 6.04 Å². The summed E-state index contributed by atoms with van der Waals surface area (Å²) in [6, 6.07) is -0.813. The fraction of sp³-hybridized carbons (Fsp3) is 1.00.